The minimum absolute atomic E-state index is 0.704. The smallest absolute Gasteiger partial charge is 0.127 e. The molecule has 0 bridgehead atoms. The van der Waals surface area contributed by atoms with Gasteiger partial charge in [0.15, 0.2) is 0 Å². The van der Waals surface area contributed by atoms with Crippen molar-refractivity contribution in [3.8, 4) is 0 Å². The Kier molecular flexibility index (Phi) is 3.14. The number of hydrogen-bond donors (Lipinski definition) is 1. The zero-order valence-electron chi connectivity index (χ0n) is 11.3. The molecule has 0 aromatic carbocycles. The molecule has 2 heterocycles. The first-order valence-electron chi connectivity index (χ1n) is 7.20. The summed E-state index contributed by atoms with van der Waals surface area (Å²) in [4.78, 5) is 6.81. The number of anilines is 2. The van der Waals surface area contributed by atoms with Gasteiger partial charge in [0.1, 0.15) is 5.82 Å². The average Bonchev–Trinajstić information content (AvgIpc) is 2.88. The van der Waals surface area contributed by atoms with Crippen LogP contribution in [0, 0.1) is 5.41 Å². The van der Waals surface area contributed by atoms with Crippen molar-refractivity contribution in [2.45, 2.75) is 38.5 Å². The Balaban J connectivity index is 1.68. The molecule has 3 rings (SSSR count). The molecular formula is C15H23N3. The van der Waals surface area contributed by atoms with E-state index in [1.54, 1.807) is 0 Å². The van der Waals surface area contributed by atoms with Crippen LogP contribution in [0.25, 0.3) is 0 Å². The lowest BCUT2D eigenvalue weighted by Crippen LogP contribution is -2.38. The van der Waals surface area contributed by atoms with Crippen LogP contribution in [0.4, 0.5) is 11.5 Å². The molecule has 2 aliphatic rings. The number of piperidine rings is 1. The van der Waals surface area contributed by atoms with Gasteiger partial charge in [-0.3, -0.25) is 0 Å². The fraction of sp³-hybridized carbons (Fsp3) is 0.667. The second-order valence-electron chi connectivity index (χ2n) is 5.84. The van der Waals surface area contributed by atoms with Gasteiger partial charge >= 0.3 is 0 Å². The maximum absolute atomic E-state index is 4.29. The summed E-state index contributed by atoms with van der Waals surface area (Å²) < 4.78 is 0. The topological polar surface area (TPSA) is 28.2 Å². The largest absolute Gasteiger partial charge is 0.373 e. The number of aromatic nitrogens is 1. The SMILES string of the molecule is CNc1cc(N2CCC3(CCCC3)CC2)ccn1. The zero-order chi connectivity index (χ0) is 12.4. The van der Waals surface area contributed by atoms with Crippen molar-refractivity contribution in [2.75, 3.05) is 30.4 Å². The fourth-order valence-corrected chi connectivity index (χ4v) is 3.62. The molecule has 1 spiro atoms. The molecule has 0 unspecified atom stereocenters. The van der Waals surface area contributed by atoms with E-state index in [0.717, 1.165) is 5.82 Å². The standard InChI is InChI=1S/C15H23N3/c1-16-14-12-13(4-9-17-14)18-10-7-15(8-11-18)5-2-3-6-15/h4,9,12H,2-3,5-8,10-11H2,1H3,(H,16,17). The maximum atomic E-state index is 4.29. The van der Waals surface area contributed by atoms with E-state index in [-0.39, 0.29) is 0 Å². The van der Waals surface area contributed by atoms with Crippen LogP contribution < -0.4 is 10.2 Å². The molecule has 0 atom stereocenters. The minimum Gasteiger partial charge on any atom is -0.373 e. The summed E-state index contributed by atoms with van der Waals surface area (Å²) in [6, 6.07) is 4.29. The number of hydrogen-bond acceptors (Lipinski definition) is 3. The first-order chi connectivity index (χ1) is 8.81. The van der Waals surface area contributed by atoms with E-state index in [0.29, 0.717) is 5.41 Å². The molecule has 18 heavy (non-hydrogen) atoms. The van der Waals surface area contributed by atoms with Crippen molar-refractivity contribution in [2.24, 2.45) is 5.41 Å². The maximum Gasteiger partial charge on any atom is 0.127 e. The summed E-state index contributed by atoms with van der Waals surface area (Å²) in [6.45, 7) is 2.43. The molecule has 1 N–H and O–H groups in total. The molecule has 2 fully saturated rings. The van der Waals surface area contributed by atoms with Crippen molar-refractivity contribution < 1.29 is 0 Å². The molecule has 1 aromatic heterocycles. The van der Waals surface area contributed by atoms with Crippen LogP contribution in [-0.4, -0.2) is 25.1 Å². The predicted molar refractivity (Wildman–Crippen MR) is 76.1 cm³/mol. The molecule has 98 valence electrons. The Hall–Kier alpha value is -1.25. The number of rotatable bonds is 2. The van der Waals surface area contributed by atoms with Crippen molar-refractivity contribution in [3.63, 3.8) is 0 Å². The van der Waals surface area contributed by atoms with E-state index in [4.69, 9.17) is 0 Å². The Bertz CT molecular complexity index is 400. The second kappa shape index (κ2) is 4.79. The van der Waals surface area contributed by atoms with E-state index >= 15 is 0 Å². The molecule has 3 heteroatoms. The first-order valence-corrected chi connectivity index (χ1v) is 7.20. The van der Waals surface area contributed by atoms with Gasteiger partial charge in [0.05, 0.1) is 0 Å². The van der Waals surface area contributed by atoms with E-state index in [1.807, 2.05) is 13.2 Å². The quantitative estimate of drug-likeness (QED) is 0.866. The summed E-state index contributed by atoms with van der Waals surface area (Å²) in [7, 11) is 1.93. The highest BCUT2D eigenvalue weighted by atomic mass is 15.1. The van der Waals surface area contributed by atoms with E-state index in [9.17, 15) is 0 Å². The number of nitrogens with zero attached hydrogens (tertiary/aromatic N) is 2. The third kappa shape index (κ3) is 2.18. The Morgan fingerprint density at radius 1 is 1.17 bits per heavy atom. The van der Waals surface area contributed by atoms with Gasteiger partial charge in [0.25, 0.3) is 0 Å². The third-order valence-electron chi connectivity index (χ3n) is 4.85. The van der Waals surface area contributed by atoms with Crippen LogP contribution in [0.3, 0.4) is 0 Å². The van der Waals surface area contributed by atoms with Crippen LogP contribution in [0.1, 0.15) is 38.5 Å². The molecule has 1 saturated heterocycles. The fourth-order valence-electron chi connectivity index (χ4n) is 3.62. The normalized spacial score (nSPS) is 22.4. The van der Waals surface area contributed by atoms with E-state index < -0.39 is 0 Å². The van der Waals surface area contributed by atoms with Gasteiger partial charge in [-0.1, -0.05) is 12.8 Å². The summed E-state index contributed by atoms with van der Waals surface area (Å²) in [5, 5.41) is 3.12. The van der Waals surface area contributed by atoms with Crippen LogP contribution >= 0.6 is 0 Å². The summed E-state index contributed by atoms with van der Waals surface area (Å²) in [5.41, 5.74) is 2.03. The molecule has 0 amide bonds. The third-order valence-corrected chi connectivity index (χ3v) is 4.85. The van der Waals surface area contributed by atoms with Gasteiger partial charge in [-0.15, -0.1) is 0 Å². The lowest BCUT2D eigenvalue weighted by atomic mass is 9.77. The van der Waals surface area contributed by atoms with Gasteiger partial charge in [-0.2, -0.15) is 0 Å². The molecule has 3 nitrogen and oxygen atoms in total. The van der Waals surface area contributed by atoms with Crippen LogP contribution in [-0.2, 0) is 0 Å². The van der Waals surface area contributed by atoms with Crippen LogP contribution in [0.5, 0.6) is 0 Å². The van der Waals surface area contributed by atoms with Gasteiger partial charge in [-0.25, -0.2) is 4.98 Å². The van der Waals surface area contributed by atoms with E-state index in [1.165, 1.54) is 57.3 Å². The summed E-state index contributed by atoms with van der Waals surface area (Å²) in [5.74, 6) is 0.966. The summed E-state index contributed by atoms with van der Waals surface area (Å²) >= 11 is 0. The Morgan fingerprint density at radius 2 is 1.89 bits per heavy atom. The Morgan fingerprint density at radius 3 is 2.56 bits per heavy atom. The van der Waals surface area contributed by atoms with Crippen molar-refractivity contribution in [3.05, 3.63) is 18.3 Å². The number of nitrogens with one attached hydrogen (secondary N) is 1. The molecular weight excluding hydrogens is 222 g/mol. The van der Waals surface area contributed by atoms with Gasteiger partial charge in [-0.05, 0) is 37.2 Å². The Labute approximate surface area is 110 Å². The van der Waals surface area contributed by atoms with Crippen molar-refractivity contribution in [1.82, 2.24) is 4.98 Å². The lowest BCUT2D eigenvalue weighted by Gasteiger charge is -2.40. The van der Waals surface area contributed by atoms with Gasteiger partial charge in [0, 0.05) is 38.1 Å². The van der Waals surface area contributed by atoms with Crippen molar-refractivity contribution in [1.29, 1.82) is 0 Å². The van der Waals surface area contributed by atoms with Crippen LogP contribution in [0.15, 0.2) is 18.3 Å². The highest BCUT2D eigenvalue weighted by molar-refractivity contribution is 5.53. The summed E-state index contributed by atoms with van der Waals surface area (Å²) in [6.07, 6.45) is 10.5. The highest BCUT2D eigenvalue weighted by Gasteiger charge is 2.36. The van der Waals surface area contributed by atoms with Gasteiger partial charge in [0.2, 0.25) is 0 Å². The van der Waals surface area contributed by atoms with Crippen molar-refractivity contribution >= 4 is 11.5 Å². The monoisotopic (exact) mass is 245 g/mol. The van der Waals surface area contributed by atoms with Crippen LogP contribution in [0.2, 0.25) is 0 Å². The molecule has 1 aliphatic heterocycles. The minimum atomic E-state index is 0.704. The highest BCUT2D eigenvalue weighted by Crippen LogP contribution is 2.46. The lowest BCUT2D eigenvalue weighted by molar-refractivity contribution is 0.226. The average molecular weight is 245 g/mol. The molecule has 1 aliphatic carbocycles. The molecule has 1 saturated carbocycles. The first kappa shape index (κ1) is 11.8. The predicted octanol–water partition coefficient (Wildman–Crippen LogP) is 3.28. The van der Waals surface area contributed by atoms with Gasteiger partial charge < -0.3 is 10.2 Å². The molecule has 0 radical (unpaired) electrons. The van der Waals surface area contributed by atoms with E-state index in [2.05, 4.69) is 27.3 Å². The second-order valence-corrected chi connectivity index (χ2v) is 5.84. The molecule has 1 aromatic rings. The zero-order valence-corrected chi connectivity index (χ0v) is 11.3. The number of pyridine rings is 1.